The summed E-state index contributed by atoms with van der Waals surface area (Å²) in [6.45, 7) is 4.49. The smallest absolute Gasteiger partial charge is 0.338 e. The molecule has 0 saturated carbocycles. The van der Waals surface area contributed by atoms with Crippen molar-refractivity contribution in [2.24, 2.45) is 0 Å². The predicted molar refractivity (Wildman–Crippen MR) is 126 cm³/mol. The van der Waals surface area contributed by atoms with Crippen LogP contribution in [0.5, 0.6) is 5.75 Å². The number of ketones is 1. The molecule has 1 saturated heterocycles. The van der Waals surface area contributed by atoms with Crippen molar-refractivity contribution in [2.45, 2.75) is 38.2 Å². The molecule has 4 rings (SSSR count). The first-order valence-electron chi connectivity index (χ1n) is 11.2. The molecule has 0 atom stereocenters. The molecule has 35 heavy (non-hydrogen) atoms. The molecule has 2 heterocycles. The molecule has 0 unspecified atom stereocenters. The lowest BCUT2D eigenvalue weighted by atomic mass is 10.1. The van der Waals surface area contributed by atoms with Crippen molar-refractivity contribution in [1.82, 2.24) is 9.46 Å². The Hall–Kier alpha value is -3.50. The van der Waals surface area contributed by atoms with Crippen molar-refractivity contribution in [2.75, 3.05) is 19.7 Å². The van der Waals surface area contributed by atoms with Crippen molar-refractivity contribution < 1.29 is 32.0 Å². The lowest BCUT2D eigenvalue weighted by molar-refractivity contribution is 0.0474. The van der Waals surface area contributed by atoms with Gasteiger partial charge in [-0.15, -0.1) is 0 Å². The maximum atomic E-state index is 12.6. The van der Waals surface area contributed by atoms with E-state index in [1.54, 1.807) is 24.3 Å². The number of rotatable bonds is 9. The number of hydrogen-bond acceptors (Lipinski definition) is 8. The second-order valence-electron chi connectivity index (χ2n) is 8.25. The summed E-state index contributed by atoms with van der Waals surface area (Å²) in [5, 5.41) is 3.88. The first-order chi connectivity index (χ1) is 16.8. The van der Waals surface area contributed by atoms with Crippen molar-refractivity contribution in [1.29, 1.82) is 0 Å². The number of carbonyl (C=O) groups excluding carboxylic acids is 2. The summed E-state index contributed by atoms with van der Waals surface area (Å²) < 4.78 is 42.6. The molecule has 9 nitrogen and oxygen atoms in total. The lowest BCUT2D eigenvalue weighted by Gasteiger charge is -2.15. The quantitative estimate of drug-likeness (QED) is 0.324. The first-order valence-corrected chi connectivity index (χ1v) is 12.6. The maximum Gasteiger partial charge on any atom is 0.338 e. The highest BCUT2D eigenvalue weighted by molar-refractivity contribution is 7.89. The van der Waals surface area contributed by atoms with Gasteiger partial charge in [-0.25, -0.2) is 13.2 Å². The van der Waals surface area contributed by atoms with Crippen LogP contribution in [-0.2, 0) is 21.4 Å². The molecule has 0 radical (unpaired) electrons. The van der Waals surface area contributed by atoms with Gasteiger partial charge in [0.05, 0.1) is 21.7 Å². The first kappa shape index (κ1) is 24.6. The highest BCUT2D eigenvalue weighted by Crippen LogP contribution is 2.22. The number of hydrogen-bond donors (Lipinski definition) is 0. The topological polar surface area (TPSA) is 116 Å². The fraction of sp³-hybridized carbons (Fsp3) is 0.320. The van der Waals surface area contributed by atoms with Crippen LogP contribution in [0.25, 0.3) is 0 Å². The van der Waals surface area contributed by atoms with Crippen LogP contribution >= 0.6 is 0 Å². The van der Waals surface area contributed by atoms with Gasteiger partial charge in [-0.05, 0) is 75.2 Å². The van der Waals surface area contributed by atoms with Crippen molar-refractivity contribution in [3.05, 3.63) is 76.7 Å². The van der Waals surface area contributed by atoms with E-state index in [0.717, 1.165) is 24.1 Å². The molecule has 3 aromatic rings. The van der Waals surface area contributed by atoms with Crippen LogP contribution in [0, 0.1) is 13.8 Å². The Morgan fingerprint density at radius 1 is 0.971 bits per heavy atom. The zero-order valence-corrected chi connectivity index (χ0v) is 20.3. The molecule has 0 bridgehead atoms. The summed E-state index contributed by atoms with van der Waals surface area (Å²) >= 11 is 0. The Bertz CT molecular complexity index is 1290. The molecule has 2 aromatic carbocycles. The number of benzene rings is 2. The number of esters is 1. The largest absolute Gasteiger partial charge is 0.489 e. The van der Waals surface area contributed by atoms with E-state index in [4.69, 9.17) is 14.0 Å². The fourth-order valence-electron chi connectivity index (χ4n) is 3.74. The van der Waals surface area contributed by atoms with Crippen LogP contribution in [0.3, 0.4) is 0 Å². The Balaban J connectivity index is 1.29. The predicted octanol–water partition coefficient (Wildman–Crippen LogP) is 3.69. The maximum absolute atomic E-state index is 12.6. The molecule has 0 spiro atoms. The van der Waals surface area contributed by atoms with Gasteiger partial charge in [0.1, 0.15) is 18.1 Å². The van der Waals surface area contributed by atoms with Gasteiger partial charge >= 0.3 is 5.97 Å². The van der Waals surface area contributed by atoms with Crippen molar-refractivity contribution in [3.63, 3.8) is 0 Å². The summed E-state index contributed by atoms with van der Waals surface area (Å²) in [5.74, 6) is 0.170. The minimum absolute atomic E-state index is 0.143. The van der Waals surface area contributed by atoms with Crippen LogP contribution in [0.15, 0.2) is 57.9 Å². The van der Waals surface area contributed by atoms with Gasteiger partial charge in [0, 0.05) is 18.7 Å². The summed E-state index contributed by atoms with van der Waals surface area (Å²) in [7, 11) is -3.55. The lowest BCUT2D eigenvalue weighted by Crippen LogP contribution is -2.27. The minimum Gasteiger partial charge on any atom is -0.489 e. The Kier molecular flexibility index (Phi) is 7.32. The SMILES string of the molecule is Cc1noc(C)c1COc1ccc(C(=O)OCC(=O)c2ccc(S(=O)(=O)N3CCCC3)cc2)cc1. The van der Waals surface area contributed by atoms with Gasteiger partial charge in [0.25, 0.3) is 0 Å². The third kappa shape index (κ3) is 5.60. The highest BCUT2D eigenvalue weighted by Gasteiger charge is 2.27. The van der Waals surface area contributed by atoms with E-state index in [1.807, 2.05) is 13.8 Å². The van der Waals surface area contributed by atoms with Gasteiger partial charge in [0.2, 0.25) is 10.0 Å². The Morgan fingerprint density at radius 3 is 2.20 bits per heavy atom. The molecule has 1 aromatic heterocycles. The van der Waals surface area contributed by atoms with Gasteiger partial charge < -0.3 is 14.0 Å². The number of aryl methyl sites for hydroxylation is 2. The number of aromatic nitrogens is 1. The standard InChI is InChI=1S/C25H26N2O7S/c1-17-23(18(2)34-26-17)15-32-21-9-5-20(6-10-21)25(29)33-16-24(28)19-7-11-22(12-8-19)35(30,31)27-13-3-4-14-27/h5-12H,3-4,13-16H2,1-2H3. The normalized spacial score (nSPS) is 14.1. The van der Waals surface area contributed by atoms with E-state index in [9.17, 15) is 18.0 Å². The number of Topliss-reactive ketones (excluding diaryl/α,β-unsaturated/α-hetero) is 1. The van der Waals surface area contributed by atoms with Gasteiger partial charge in [-0.2, -0.15) is 4.31 Å². The molecule has 1 aliphatic rings. The molecule has 0 aliphatic carbocycles. The Labute approximate surface area is 203 Å². The molecule has 184 valence electrons. The summed E-state index contributed by atoms with van der Waals surface area (Å²) in [4.78, 5) is 24.9. The van der Waals surface area contributed by atoms with E-state index in [0.29, 0.717) is 24.6 Å². The zero-order valence-electron chi connectivity index (χ0n) is 19.5. The number of nitrogens with zero attached hydrogens (tertiary/aromatic N) is 2. The fourth-order valence-corrected chi connectivity index (χ4v) is 5.26. The summed E-state index contributed by atoms with van der Waals surface area (Å²) in [6, 6.07) is 12.1. The average Bonchev–Trinajstić information content (AvgIpc) is 3.52. The molecular formula is C25H26N2O7S. The van der Waals surface area contributed by atoms with Crippen LogP contribution in [0.1, 0.15) is 50.6 Å². The second-order valence-corrected chi connectivity index (χ2v) is 10.2. The van der Waals surface area contributed by atoms with Crippen LogP contribution < -0.4 is 4.74 Å². The van der Waals surface area contributed by atoms with E-state index < -0.39 is 28.4 Å². The minimum atomic E-state index is -3.55. The van der Waals surface area contributed by atoms with Gasteiger partial charge in [-0.3, -0.25) is 4.79 Å². The zero-order chi connectivity index (χ0) is 25.0. The average molecular weight is 499 g/mol. The molecule has 0 N–H and O–H groups in total. The second kappa shape index (κ2) is 10.4. The summed E-state index contributed by atoms with van der Waals surface area (Å²) in [5.41, 5.74) is 2.17. The molecule has 10 heteroatoms. The van der Waals surface area contributed by atoms with E-state index in [1.165, 1.54) is 28.6 Å². The highest BCUT2D eigenvalue weighted by atomic mass is 32.2. The monoisotopic (exact) mass is 498 g/mol. The van der Waals surface area contributed by atoms with E-state index in [-0.39, 0.29) is 22.6 Å². The number of sulfonamides is 1. The van der Waals surface area contributed by atoms with Crippen LogP contribution in [-0.4, -0.2) is 49.3 Å². The molecule has 0 amide bonds. The van der Waals surface area contributed by atoms with Crippen molar-refractivity contribution in [3.8, 4) is 5.75 Å². The molecular weight excluding hydrogens is 472 g/mol. The molecule has 1 aliphatic heterocycles. The van der Waals surface area contributed by atoms with E-state index in [2.05, 4.69) is 5.16 Å². The molecule has 1 fully saturated rings. The number of ether oxygens (including phenoxy) is 2. The Morgan fingerprint density at radius 2 is 1.60 bits per heavy atom. The van der Waals surface area contributed by atoms with E-state index >= 15 is 0 Å². The van der Waals surface area contributed by atoms with Gasteiger partial charge in [0.15, 0.2) is 12.4 Å². The third-order valence-electron chi connectivity index (χ3n) is 5.87. The van der Waals surface area contributed by atoms with Crippen LogP contribution in [0.2, 0.25) is 0 Å². The van der Waals surface area contributed by atoms with Crippen LogP contribution in [0.4, 0.5) is 0 Å². The third-order valence-corrected chi connectivity index (χ3v) is 7.78. The van der Waals surface area contributed by atoms with Gasteiger partial charge in [-0.1, -0.05) is 5.16 Å². The summed E-state index contributed by atoms with van der Waals surface area (Å²) in [6.07, 6.45) is 1.69. The number of carbonyl (C=O) groups is 2. The van der Waals surface area contributed by atoms with Crippen molar-refractivity contribution >= 4 is 21.8 Å².